The molecule has 6 heteroatoms. The van der Waals surface area contributed by atoms with Crippen LogP contribution in [0.5, 0.6) is 0 Å². The number of alkyl halides is 3. The molecule has 1 aliphatic carbocycles. The van der Waals surface area contributed by atoms with Gasteiger partial charge in [0.2, 0.25) is 0 Å². The van der Waals surface area contributed by atoms with Crippen molar-refractivity contribution in [3.05, 3.63) is 65.0 Å². The van der Waals surface area contributed by atoms with Crippen molar-refractivity contribution >= 4 is 11.0 Å². The van der Waals surface area contributed by atoms with Crippen LogP contribution in [0.1, 0.15) is 68.6 Å². The van der Waals surface area contributed by atoms with Crippen LogP contribution in [-0.2, 0) is 12.6 Å². The Morgan fingerprint density at radius 1 is 1.13 bits per heavy atom. The van der Waals surface area contributed by atoms with Crippen LogP contribution in [0.2, 0.25) is 0 Å². The van der Waals surface area contributed by atoms with E-state index in [0.29, 0.717) is 17.9 Å². The van der Waals surface area contributed by atoms with Crippen molar-refractivity contribution < 1.29 is 13.2 Å². The van der Waals surface area contributed by atoms with E-state index in [1.165, 1.54) is 18.6 Å². The van der Waals surface area contributed by atoms with Gasteiger partial charge in [-0.2, -0.15) is 18.4 Å². The molecule has 1 saturated carbocycles. The van der Waals surface area contributed by atoms with Crippen LogP contribution in [0.3, 0.4) is 0 Å². The third-order valence-electron chi connectivity index (χ3n) is 6.26. The van der Waals surface area contributed by atoms with E-state index in [0.717, 1.165) is 47.4 Å². The number of fused-ring (bicyclic) bond motifs is 1. The second-order valence-electron chi connectivity index (χ2n) is 9.65. The van der Waals surface area contributed by atoms with E-state index < -0.39 is 11.7 Å². The first-order chi connectivity index (χ1) is 14.6. The number of benzene rings is 2. The molecule has 2 atom stereocenters. The molecule has 0 saturated heterocycles. The van der Waals surface area contributed by atoms with Crippen LogP contribution in [0.15, 0.2) is 42.5 Å². The molecule has 0 spiro atoms. The summed E-state index contributed by atoms with van der Waals surface area (Å²) in [5.41, 5.74) is 2.64. The van der Waals surface area contributed by atoms with Crippen LogP contribution in [-0.4, -0.2) is 9.55 Å². The molecule has 31 heavy (non-hydrogen) atoms. The van der Waals surface area contributed by atoms with Gasteiger partial charge in [0.25, 0.3) is 0 Å². The summed E-state index contributed by atoms with van der Waals surface area (Å²) >= 11 is 0. The highest BCUT2D eigenvalue weighted by Gasteiger charge is 2.34. The quantitative estimate of drug-likeness (QED) is 0.458. The molecule has 0 unspecified atom stereocenters. The number of nitrogens with zero attached hydrogens (tertiary/aromatic N) is 3. The van der Waals surface area contributed by atoms with Gasteiger partial charge in [-0.25, -0.2) is 4.98 Å². The molecule has 0 bridgehead atoms. The Morgan fingerprint density at radius 3 is 2.45 bits per heavy atom. The van der Waals surface area contributed by atoms with Crippen LogP contribution >= 0.6 is 0 Å². The van der Waals surface area contributed by atoms with Crippen LogP contribution < -0.4 is 0 Å². The van der Waals surface area contributed by atoms with E-state index in [4.69, 9.17) is 4.98 Å². The number of nitriles is 1. The molecule has 0 aliphatic heterocycles. The number of hydrogen-bond acceptors (Lipinski definition) is 2. The van der Waals surface area contributed by atoms with Crippen molar-refractivity contribution in [1.29, 1.82) is 5.26 Å². The van der Waals surface area contributed by atoms with Gasteiger partial charge in [-0.05, 0) is 66.5 Å². The predicted octanol–water partition coefficient (Wildman–Crippen LogP) is 6.90. The second kappa shape index (κ2) is 7.71. The van der Waals surface area contributed by atoms with Gasteiger partial charge in [-0.1, -0.05) is 32.9 Å². The maximum absolute atomic E-state index is 12.9. The molecule has 3 nitrogen and oxygen atoms in total. The topological polar surface area (TPSA) is 41.6 Å². The van der Waals surface area contributed by atoms with Gasteiger partial charge in [0.15, 0.2) is 0 Å². The summed E-state index contributed by atoms with van der Waals surface area (Å²) in [5.74, 6) is 1.41. The molecule has 1 heterocycles. The Hall–Kier alpha value is -2.81. The van der Waals surface area contributed by atoms with Crippen LogP contribution in [0.25, 0.3) is 11.0 Å². The molecule has 0 N–H and O–H groups in total. The normalized spacial score (nSPS) is 21.2. The third-order valence-corrected chi connectivity index (χ3v) is 6.26. The smallest absolute Gasteiger partial charge is 0.325 e. The lowest BCUT2D eigenvalue weighted by atomic mass is 9.70. The van der Waals surface area contributed by atoms with E-state index in [-0.39, 0.29) is 11.5 Å². The summed E-state index contributed by atoms with van der Waals surface area (Å²) in [5, 5.41) is 9.28. The third kappa shape index (κ3) is 4.46. The lowest BCUT2D eigenvalue weighted by molar-refractivity contribution is -0.137. The molecule has 1 fully saturated rings. The highest BCUT2D eigenvalue weighted by Crippen LogP contribution is 2.45. The molecule has 1 aliphatic rings. The van der Waals surface area contributed by atoms with Crippen molar-refractivity contribution in [2.75, 3.05) is 0 Å². The van der Waals surface area contributed by atoms with E-state index in [2.05, 4.69) is 31.4 Å². The fourth-order valence-corrected chi connectivity index (χ4v) is 5.24. The average molecular weight is 425 g/mol. The highest BCUT2D eigenvalue weighted by molar-refractivity contribution is 5.78. The van der Waals surface area contributed by atoms with Gasteiger partial charge in [0.05, 0.1) is 28.2 Å². The van der Waals surface area contributed by atoms with E-state index in [1.807, 2.05) is 6.07 Å². The Bertz CT molecular complexity index is 1130. The maximum Gasteiger partial charge on any atom is 0.416 e. The first kappa shape index (κ1) is 21.4. The van der Waals surface area contributed by atoms with Gasteiger partial charge in [-0.3, -0.25) is 0 Å². The standard InChI is InChI=1S/C25H26F3N3/c1-16-10-20(14-24(2,3)13-16)31-22-9-6-18(15-29)11-21(22)30-23(31)12-17-4-7-19(8-5-17)25(26,27)28/h4-9,11,16,20H,10,12-14H2,1-3H3/t16-,20+/m1/s1. The van der Waals surface area contributed by atoms with Crippen molar-refractivity contribution in [1.82, 2.24) is 9.55 Å². The Labute approximate surface area is 180 Å². The Morgan fingerprint density at radius 2 is 1.84 bits per heavy atom. The summed E-state index contributed by atoms with van der Waals surface area (Å²) in [6.45, 7) is 6.85. The van der Waals surface area contributed by atoms with Crippen LogP contribution in [0.4, 0.5) is 13.2 Å². The fourth-order valence-electron chi connectivity index (χ4n) is 5.24. The highest BCUT2D eigenvalue weighted by atomic mass is 19.4. The lowest BCUT2D eigenvalue weighted by Crippen LogP contribution is -2.30. The van der Waals surface area contributed by atoms with Crippen molar-refractivity contribution in [3.8, 4) is 6.07 Å². The average Bonchev–Trinajstić information content (AvgIpc) is 3.02. The van der Waals surface area contributed by atoms with Gasteiger partial charge >= 0.3 is 6.18 Å². The minimum absolute atomic E-state index is 0.206. The van der Waals surface area contributed by atoms with E-state index in [1.54, 1.807) is 12.1 Å². The molecular formula is C25H26F3N3. The summed E-state index contributed by atoms with van der Waals surface area (Å²) in [6.07, 6.45) is -0.677. The molecule has 162 valence electrons. The summed E-state index contributed by atoms with van der Waals surface area (Å²) < 4.78 is 41.1. The molecule has 0 radical (unpaired) electrons. The molecular weight excluding hydrogens is 399 g/mol. The summed E-state index contributed by atoms with van der Waals surface area (Å²) in [4.78, 5) is 4.83. The summed E-state index contributed by atoms with van der Waals surface area (Å²) in [6, 6.07) is 13.3. The van der Waals surface area contributed by atoms with Crippen molar-refractivity contribution in [2.24, 2.45) is 11.3 Å². The first-order valence-corrected chi connectivity index (χ1v) is 10.6. The predicted molar refractivity (Wildman–Crippen MR) is 115 cm³/mol. The largest absolute Gasteiger partial charge is 0.416 e. The molecule has 1 aromatic heterocycles. The number of rotatable bonds is 3. The van der Waals surface area contributed by atoms with Crippen molar-refractivity contribution in [2.45, 2.75) is 58.7 Å². The molecule has 2 aromatic carbocycles. The monoisotopic (exact) mass is 425 g/mol. The van der Waals surface area contributed by atoms with Gasteiger partial charge < -0.3 is 4.57 Å². The Balaban J connectivity index is 1.77. The number of imidazole rings is 1. The zero-order valence-electron chi connectivity index (χ0n) is 18.0. The fraction of sp³-hybridized carbons (Fsp3) is 0.440. The minimum Gasteiger partial charge on any atom is -0.325 e. The molecule has 4 rings (SSSR count). The molecule has 3 aromatic rings. The van der Waals surface area contributed by atoms with Gasteiger partial charge in [0, 0.05) is 12.5 Å². The van der Waals surface area contributed by atoms with Gasteiger partial charge in [0.1, 0.15) is 5.82 Å². The summed E-state index contributed by atoms with van der Waals surface area (Å²) in [7, 11) is 0. The van der Waals surface area contributed by atoms with Gasteiger partial charge in [-0.15, -0.1) is 0 Å². The molecule has 0 amide bonds. The Kier molecular flexibility index (Phi) is 5.33. The zero-order valence-corrected chi connectivity index (χ0v) is 18.0. The van der Waals surface area contributed by atoms with Crippen LogP contribution in [0, 0.1) is 22.7 Å². The lowest BCUT2D eigenvalue weighted by Gasteiger charge is -2.40. The number of halogens is 3. The number of hydrogen-bond donors (Lipinski definition) is 0. The second-order valence-corrected chi connectivity index (χ2v) is 9.65. The zero-order chi connectivity index (χ0) is 22.4. The SMILES string of the molecule is C[C@@H]1C[C@H](n2c(Cc3ccc(C(F)(F)F)cc3)nc3cc(C#N)ccc32)CC(C)(C)C1. The van der Waals surface area contributed by atoms with E-state index in [9.17, 15) is 18.4 Å². The number of aromatic nitrogens is 2. The first-order valence-electron chi connectivity index (χ1n) is 10.6. The maximum atomic E-state index is 12.9. The van der Waals surface area contributed by atoms with Crippen molar-refractivity contribution in [3.63, 3.8) is 0 Å². The minimum atomic E-state index is -4.34. The van der Waals surface area contributed by atoms with E-state index >= 15 is 0 Å².